The lowest BCUT2D eigenvalue weighted by Gasteiger charge is -2.20. The topological polar surface area (TPSA) is 34.1 Å². The van der Waals surface area contributed by atoms with Crippen molar-refractivity contribution in [1.82, 2.24) is 0 Å². The van der Waals surface area contributed by atoms with Crippen LogP contribution in [0.1, 0.15) is 36.0 Å². The monoisotopic (exact) mass is 314 g/mol. The molecule has 1 aromatic rings. The molecule has 0 bridgehead atoms. The molecule has 1 aromatic carbocycles. The normalized spacial score (nSPS) is 20.4. The largest absolute Gasteiger partial charge is 0.300 e. The van der Waals surface area contributed by atoms with E-state index in [1.807, 2.05) is 0 Å². The standard InChI is InChI=1S/C13H12BrClO2/c14-12-7-9(15)4-5-11(12)13(17)8-2-1-3-10(16)6-8/h4-5,7-8H,1-3,6H2. The molecule has 17 heavy (non-hydrogen) atoms. The molecule has 0 heterocycles. The van der Waals surface area contributed by atoms with Crippen LogP contribution >= 0.6 is 27.5 Å². The number of Topliss-reactive ketones (excluding diaryl/α,β-unsaturated/α-hetero) is 2. The molecule has 4 heteroatoms. The third kappa shape index (κ3) is 2.96. The van der Waals surface area contributed by atoms with E-state index in [4.69, 9.17) is 11.6 Å². The van der Waals surface area contributed by atoms with Crippen molar-refractivity contribution in [2.75, 3.05) is 0 Å². The molecule has 1 aliphatic carbocycles. The first-order valence-corrected chi connectivity index (χ1v) is 6.76. The number of hydrogen-bond acceptors (Lipinski definition) is 2. The van der Waals surface area contributed by atoms with Gasteiger partial charge in [0.25, 0.3) is 0 Å². The minimum absolute atomic E-state index is 0.0431. The molecule has 1 unspecified atom stereocenters. The number of carbonyl (C=O) groups is 2. The molecule has 1 aliphatic rings. The summed E-state index contributed by atoms with van der Waals surface area (Å²) in [4.78, 5) is 23.6. The number of halogens is 2. The number of ketones is 2. The van der Waals surface area contributed by atoms with E-state index in [0.717, 1.165) is 12.8 Å². The Labute approximate surface area is 113 Å². The molecule has 0 saturated heterocycles. The quantitative estimate of drug-likeness (QED) is 0.772. The zero-order chi connectivity index (χ0) is 12.4. The smallest absolute Gasteiger partial charge is 0.167 e. The third-order valence-electron chi connectivity index (χ3n) is 3.05. The van der Waals surface area contributed by atoms with Crippen LogP contribution in [0.25, 0.3) is 0 Å². The van der Waals surface area contributed by atoms with E-state index in [0.29, 0.717) is 27.9 Å². The molecule has 2 rings (SSSR count). The van der Waals surface area contributed by atoms with Gasteiger partial charge in [-0.2, -0.15) is 0 Å². The highest BCUT2D eigenvalue weighted by Crippen LogP contribution is 2.29. The second-order valence-electron chi connectivity index (χ2n) is 4.32. The van der Waals surface area contributed by atoms with Gasteiger partial charge in [-0.25, -0.2) is 0 Å². The van der Waals surface area contributed by atoms with Crippen LogP contribution in [0.5, 0.6) is 0 Å². The molecule has 90 valence electrons. The summed E-state index contributed by atoms with van der Waals surface area (Å²) >= 11 is 9.17. The Morgan fingerprint density at radius 1 is 1.41 bits per heavy atom. The Balaban J connectivity index is 2.21. The zero-order valence-corrected chi connectivity index (χ0v) is 11.6. The molecule has 1 fully saturated rings. The lowest BCUT2D eigenvalue weighted by Crippen LogP contribution is -2.23. The Morgan fingerprint density at radius 3 is 2.82 bits per heavy atom. The van der Waals surface area contributed by atoms with Gasteiger partial charge in [0.15, 0.2) is 5.78 Å². The molecule has 0 spiro atoms. The summed E-state index contributed by atoms with van der Waals surface area (Å²) in [6.45, 7) is 0. The van der Waals surface area contributed by atoms with Crippen molar-refractivity contribution < 1.29 is 9.59 Å². The minimum Gasteiger partial charge on any atom is -0.300 e. The Morgan fingerprint density at radius 2 is 2.18 bits per heavy atom. The summed E-state index contributed by atoms with van der Waals surface area (Å²) in [7, 11) is 0. The molecule has 2 nitrogen and oxygen atoms in total. The average molecular weight is 316 g/mol. The first-order valence-electron chi connectivity index (χ1n) is 5.59. The Kier molecular flexibility index (Phi) is 4.00. The Bertz CT molecular complexity index is 470. The van der Waals surface area contributed by atoms with Crippen LogP contribution in [0.2, 0.25) is 5.02 Å². The molecule has 1 atom stereocenters. The van der Waals surface area contributed by atoms with Crippen LogP contribution < -0.4 is 0 Å². The summed E-state index contributed by atoms with van der Waals surface area (Å²) in [6.07, 6.45) is 2.62. The molecule has 1 saturated carbocycles. The van der Waals surface area contributed by atoms with Gasteiger partial charge >= 0.3 is 0 Å². The highest BCUT2D eigenvalue weighted by molar-refractivity contribution is 9.10. The molecule has 0 aromatic heterocycles. The number of carbonyl (C=O) groups excluding carboxylic acids is 2. The van der Waals surface area contributed by atoms with E-state index in [9.17, 15) is 9.59 Å². The molecular formula is C13H12BrClO2. The van der Waals surface area contributed by atoms with Crippen LogP contribution in [0.4, 0.5) is 0 Å². The van der Waals surface area contributed by atoms with Crippen LogP contribution in [-0.2, 0) is 4.79 Å². The van der Waals surface area contributed by atoms with E-state index >= 15 is 0 Å². The van der Waals surface area contributed by atoms with E-state index in [1.54, 1.807) is 18.2 Å². The second kappa shape index (κ2) is 5.32. The van der Waals surface area contributed by atoms with E-state index in [-0.39, 0.29) is 17.5 Å². The predicted molar refractivity (Wildman–Crippen MR) is 70.4 cm³/mol. The van der Waals surface area contributed by atoms with Gasteiger partial charge in [-0.3, -0.25) is 9.59 Å². The molecule has 0 N–H and O–H groups in total. The molecule has 0 radical (unpaired) electrons. The highest BCUT2D eigenvalue weighted by atomic mass is 79.9. The summed E-state index contributed by atoms with van der Waals surface area (Å²) in [5.41, 5.74) is 0.620. The van der Waals surface area contributed by atoms with Crippen LogP contribution in [-0.4, -0.2) is 11.6 Å². The van der Waals surface area contributed by atoms with Crippen molar-refractivity contribution in [1.29, 1.82) is 0 Å². The van der Waals surface area contributed by atoms with Gasteiger partial charge in [-0.15, -0.1) is 0 Å². The van der Waals surface area contributed by atoms with Crippen molar-refractivity contribution in [2.24, 2.45) is 5.92 Å². The van der Waals surface area contributed by atoms with Crippen molar-refractivity contribution in [3.05, 3.63) is 33.3 Å². The summed E-state index contributed by atoms with van der Waals surface area (Å²) in [5, 5.41) is 0.591. The van der Waals surface area contributed by atoms with Crippen molar-refractivity contribution >= 4 is 39.1 Å². The second-order valence-corrected chi connectivity index (χ2v) is 5.61. The lowest BCUT2D eigenvalue weighted by atomic mass is 9.83. The van der Waals surface area contributed by atoms with E-state index < -0.39 is 0 Å². The SMILES string of the molecule is O=C1CCCC(C(=O)c2ccc(Cl)cc2Br)C1. The summed E-state index contributed by atoms with van der Waals surface area (Å²) < 4.78 is 0.702. The number of benzene rings is 1. The van der Waals surface area contributed by atoms with Crippen LogP contribution in [0.3, 0.4) is 0 Å². The molecular weight excluding hydrogens is 303 g/mol. The number of hydrogen-bond donors (Lipinski definition) is 0. The molecule has 0 aliphatic heterocycles. The highest BCUT2D eigenvalue weighted by Gasteiger charge is 2.27. The van der Waals surface area contributed by atoms with Crippen LogP contribution in [0, 0.1) is 5.92 Å². The Hall–Kier alpha value is -0.670. The van der Waals surface area contributed by atoms with Crippen molar-refractivity contribution in [3.63, 3.8) is 0 Å². The predicted octanol–water partition coefficient (Wildman–Crippen LogP) is 4.04. The molecule has 0 amide bonds. The average Bonchev–Trinajstić information content (AvgIpc) is 2.28. The van der Waals surface area contributed by atoms with E-state index in [2.05, 4.69) is 15.9 Å². The third-order valence-corrected chi connectivity index (χ3v) is 3.94. The fraction of sp³-hybridized carbons (Fsp3) is 0.385. The van der Waals surface area contributed by atoms with Gasteiger partial charge in [0.05, 0.1) is 0 Å². The van der Waals surface area contributed by atoms with E-state index in [1.165, 1.54) is 0 Å². The zero-order valence-electron chi connectivity index (χ0n) is 9.21. The summed E-state index contributed by atoms with van der Waals surface area (Å²) in [6, 6.07) is 5.12. The van der Waals surface area contributed by atoms with Gasteiger partial charge in [-0.1, -0.05) is 11.6 Å². The first-order chi connectivity index (χ1) is 8.08. The maximum Gasteiger partial charge on any atom is 0.167 e. The maximum atomic E-state index is 12.3. The number of rotatable bonds is 2. The summed E-state index contributed by atoms with van der Waals surface area (Å²) in [5.74, 6) is 0.0787. The van der Waals surface area contributed by atoms with Crippen molar-refractivity contribution in [3.8, 4) is 0 Å². The first kappa shape index (κ1) is 12.8. The van der Waals surface area contributed by atoms with Gasteiger partial charge < -0.3 is 0 Å². The minimum atomic E-state index is -0.159. The maximum absolute atomic E-state index is 12.3. The van der Waals surface area contributed by atoms with Gasteiger partial charge in [-0.05, 0) is 47.0 Å². The fourth-order valence-corrected chi connectivity index (χ4v) is 3.04. The van der Waals surface area contributed by atoms with Gasteiger partial charge in [0, 0.05) is 33.8 Å². The van der Waals surface area contributed by atoms with Crippen molar-refractivity contribution in [2.45, 2.75) is 25.7 Å². The van der Waals surface area contributed by atoms with Crippen LogP contribution in [0.15, 0.2) is 22.7 Å². The van der Waals surface area contributed by atoms with Gasteiger partial charge in [0.2, 0.25) is 0 Å². The van der Waals surface area contributed by atoms with Gasteiger partial charge in [0.1, 0.15) is 5.78 Å². The fourth-order valence-electron chi connectivity index (χ4n) is 2.16. The lowest BCUT2D eigenvalue weighted by molar-refractivity contribution is -0.121.